The van der Waals surface area contributed by atoms with E-state index in [2.05, 4.69) is 64.7 Å². The van der Waals surface area contributed by atoms with E-state index in [1.54, 1.807) is 0 Å². The number of hydrogen-bond donors (Lipinski definition) is 1. The summed E-state index contributed by atoms with van der Waals surface area (Å²) >= 11 is 1.18. The average molecular weight is 410 g/mol. The van der Waals surface area contributed by atoms with Crippen LogP contribution in [0.1, 0.15) is 61.8 Å². The molecule has 0 heterocycles. The highest BCUT2D eigenvalue weighted by molar-refractivity contribution is 8.13. The highest BCUT2D eigenvalue weighted by Gasteiger charge is 2.34. The monoisotopic (exact) mass is 409 g/mol. The number of hydrogen-bond acceptors (Lipinski definition) is 7. The molecule has 0 unspecified atom stereocenters. The molecule has 0 aliphatic heterocycles. The summed E-state index contributed by atoms with van der Waals surface area (Å²) in [6, 6.07) is 1.58. The van der Waals surface area contributed by atoms with Crippen LogP contribution in [0.15, 0.2) is 0 Å². The lowest BCUT2D eigenvalue weighted by atomic mass is 10.3. The molecule has 0 saturated heterocycles. The third-order valence-corrected chi connectivity index (χ3v) is 7.46. The smallest absolute Gasteiger partial charge is 0.192 e. The van der Waals surface area contributed by atoms with E-state index in [0.29, 0.717) is 56.3 Å². The number of carbonyl (C=O) groups excluding carboxylic acids is 1. The molecule has 2 N–H and O–H groups in total. The maximum atomic E-state index is 11.4. The van der Waals surface area contributed by atoms with Gasteiger partial charge in [-0.05, 0) is 55.4 Å². The minimum atomic E-state index is -0.888. The van der Waals surface area contributed by atoms with Gasteiger partial charge < -0.3 is 15.0 Å². The standard InChI is InChI=1S/C18H40N3O3PS/c1-14(2)20(15(3)4)25(21(16(5)6)17(7)8)24-12-11-23-13-26-18(22)9-10-19/h14-17H,9-13,19H2,1-8H3. The highest BCUT2D eigenvalue weighted by atomic mass is 32.2. The van der Waals surface area contributed by atoms with Gasteiger partial charge in [-0.1, -0.05) is 11.8 Å². The lowest BCUT2D eigenvalue weighted by Gasteiger charge is -2.45. The largest absolute Gasteiger partial charge is 0.368 e. The molecule has 0 saturated carbocycles. The van der Waals surface area contributed by atoms with Crippen molar-refractivity contribution in [1.82, 2.24) is 9.34 Å². The zero-order chi connectivity index (χ0) is 20.3. The van der Waals surface area contributed by atoms with Crippen molar-refractivity contribution in [2.45, 2.75) is 86.0 Å². The van der Waals surface area contributed by atoms with Crippen molar-refractivity contribution in [2.75, 3.05) is 25.7 Å². The summed E-state index contributed by atoms with van der Waals surface area (Å²) in [4.78, 5) is 11.4. The number of nitrogens with two attached hydrogens (primary N) is 1. The Balaban J connectivity index is 4.75. The molecule has 0 atom stereocenters. The van der Waals surface area contributed by atoms with Gasteiger partial charge in [0.1, 0.15) is 0 Å². The van der Waals surface area contributed by atoms with Crippen LogP contribution in [-0.2, 0) is 14.1 Å². The van der Waals surface area contributed by atoms with E-state index in [1.807, 2.05) is 0 Å². The molecule has 8 heteroatoms. The average Bonchev–Trinajstić information content (AvgIpc) is 2.49. The number of nitrogens with zero attached hydrogens (tertiary/aromatic N) is 2. The fraction of sp³-hybridized carbons (Fsp3) is 0.944. The molecule has 0 amide bonds. The molecule has 0 radical (unpaired) electrons. The van der Waals surface area contributed by atoms with Crippen LogP contribution in [-0.4, -0.2) is 64.3 Å². The Labute approximate surface area is 166 Å². The van der Waals surface area contributed by atoms with Gasteiger partial charge in [0.25, 0.3) is 0 Å². The molecule has 0 fully saturated rings. The van der Waals surface area contributed by atoms with Crippen molar-refractivity contribution >= 4 is 25.3 Å². The Morgan fingerprint density at radius 1 is 0.923 bits per heavy atom. The van der Waals surface area contributed by atoms with Crippen LogP contribution < -0.4 is 5.73 Å². The van der Waals surface area contributed by atoms with Gasteiger partial charge in [0.2, 0.25) is 0 Å². The van der Waals surface area contributed by atoms with Crippen LogP contribution in [0.4, 0.5) is 0 Å². The summed E-state index contributed by atoms with van der Waals surface area (Å²) < 4.78 is 16.8. The van der Waals surface area contributed by atoms with Crippen molar-refractivity contribution in [1.29, 1.82) is 0 Å². The Hall–Kier alpha value is 0.250. The minimum Gasteiger partial charge on any atom is -0.368 e. The second kappa shape index (κ2) is 14.3. The van der Waals surface area contributed by atoms with E-state index >= 15 is 0 Å². The van der Waals surface area contributed by atoms with Crippen molar-refractivity contribution < 1.29 is 14.1 Å². The predicted molar refractivity (Wildman–Crippen MR) is 114 cm³/mol. The highest BCUT2D eigenvalue weighted by Crippen LogP contribution is 2.50. The van der Waals surface area contributed by atoms with Crippen LogP contribution in [0.3, 0.4) is 0 Å². The van der Waals surface area contributed by atoms with Gasteiger partial charge in [0.15, 0.2) is 13.6 Å². The van der Waals surface area contributed by atoms with Gasteiger partial charge in [-0.25, -0.2) is 9.34 Å². The molecule has 156 valence electrons. The summed E-state index contributed by atoms with van der Waals surface area (Å²) in [6.07, 6.45) is 0.394. The van der Waals surface area contributed by atoms with Gasteiger partial charge in [-0.3, -0.25) is 4.79 Å². The third kappa shape index (κ3) is 9.98. The Morgan fingerprint density at radius 2 is 1.38 bits per heavy atom. The first kappa shape index (κ1) is 26.2. The fourth-order valence-corrected chi connectivity index (χ4v) is 5.69. The lowest BCUT2D eigenvalue weighted by molar-refractivity contribution is -0.110. The number of ether oxygens (including phenoxy) is 1. The van der Waals surface area contributed by atoms with Gasteiger partial charge in [-0.15, -0.1) is 0 Å². The van der Waals surface area contributed by atoms with Crippen molar-refractivity contribution in [3.63, 3.8) is 0 Å². The van der Waals surface area contributed by atoms with Crippen LogP contribution in [0, 0.1) is 0 Å². The molecule has 0 aliphatic carbocycles. The zero-order valence-corrected chi connectivity index (χ0v) is 19.6. The van der Waals surface area contributed by atoms with Crippen LogP contribution in [0.5, 0.6) is 0 Å². The summed E-state index contributed by atoms with van der Waals surface area (Å²) in [5, 5.41) is 0.0762. The Bertz CT molecular complexity index is 349. The van der Waals surface area contributed by atoms with E-state index in [0.717, 1.165) is 0 Å². The molecule has 0 bridgehead atoms. The molecule has 6 nitrogen and oxygen atoms in total. The first-order valence-corrected chi connectivity index (χ1v) is 11.7. The molecule has 26 heavy (non-hydrogen) atoms. The van der Waals surface area contributed by atoms with Gasteiger partial charge in [-0.2, -0.15) is 0 Å². The number of thioether (sulfide) groups is 1. The second-order valence-electron chi connectivity index (χ2n) is 7.30. The third-order valence-electron chi connectivity index (χ3n) is 3.60. The zero-order valence-electron chi connectivity index (χ0n) is 17.9. The molecular formula is C18H40N3O3PS. The van der Waals surface area contributed by atoms with E-state index in [4.69, 9.17) is 15.0 Å². The first-order valence-electron chi connectivity index (χ1n) is 9.56. The summed E-state index contributed by atoms with van der Waals surface area (Å²) in [6.45, 7) is 19.1. The van der Waals surface area contributed by atoms with Crippen molar-refractivity contribution in [3.8, 4) is 0 Å². The molecule has 0 aromatic heterocycles. The lowest BCUT2D eigenvalue weighted by Crippen LogP contribution is -2.43. The number of carbonyl (C=O) groups is 1. The first-order chi connectivity index (χ1) is 12.1. The second-order valence-corrected chi connectivity index (χ2v) is 9.97. The van der Waals surface area contributed by atoms with Crippen LogP contribution >= 0.6 is 20.2 Å². The molecular weight excluding hydrogens is 369 g/mol. The normalized spacial score (nSPS) is 12.8. The van der Waals surface area contributed by atoms with E-state index in [9.17, 15) is 4.79 Å². The molecule has 0 rings (SSSR count). The molecule has 0 aliphatic rings. The summed E-state index contributed by atoms with van der Waals surface area (Å²) in [5.74, 6) is 0.357. The Morgan fingerprint density at radius 3 is 1.77 bits per heavy atom. The topological polar surface area (TPSA) is 68.0 Å². The summed E-state index contributed by atoms with van der Waals surface area (Å²) in [5.41, 5.74) is 5.37. The Kier molecular flexibility index (Phi) is 14.4. The fourth-order valence-electron chi connectivity index (χ4n) is 2.77. The molecule has 0 aromatic rings. The van der Waals surface area contributed by atoms with Crippen LogP contribution in [0.25, 0.3) is 0 Å². The quantitative estimate of drug-likeness (QED) is 0.264. The van der Waals surface area contributed by atoms with Gasteiger partial charge in [0, 0.05) is 37.1 Å². The molecule has 0 aromatic carbocycles. The number of rotatable bonds is 14. The van der Waals surface area contributed by atoms with Crippen molar-refractivity contribution in [2.24, 2.45) is 5.73 Å². The maximum Gasteiger partial charge on any atom is 0.192 e. The van der Waals surface area contributed by atoms with E-state index in [-0.39, 0.29) is 5.12 Å². The van der Waals surface area contributed by atoms with Crippen LogP contribution in [0.2, 0.25) is 0 Å². The predicted octanol–water partition coefficient (Wildman–Crippen LogP) is 4.05. The molecule has 0 spiro atoms. The summed E-state index contributed by atoms with van der Waals surface area (Å²) in [7, 11) is -0.888. The van der Waals surface area contributed by atoms with E-state index < -0.39 is 8.45 Å². The van der Waals surface area contributed by atoms with Gasteiger partial charge >= 0.3 is 0 Å². The minimum absolute atomic E-state index is 0.0762. The van der Waals surface area contributed by atoms with Gasteiger partial charge in [0.05, 0.1) is 19.2 Å². The van der Waals surface area contributed by atoms with E-state index in [1.165, 1.54) is 11.8 Å². The maximum absolute atomic E-state index is 11.4. The SMILES string of the molecule is CC(C)N(C(C)C)P(OCCOCSC(=O)CCN)N(C(C)C)C(C)C. The van der Waals surface area contributed by atoms with Crippen molar-refractivity contribution in [3.05, 3.63) is 0 Å².